The maximum Gasteiger partial charge on any atom is 0.407 e. The largest absolute Gasteiger partial charge is 0.456 e. The van der Waals surface area contributed by atoms with Crippen molar-refractivity contribution in [3.8, 4) is 22.5 Å². The predicted octanol–water partition coefficient (Wildman–Crippen LogP) is 5.09. The average molecular weight is 843 g/mol. The molecule has 0 unspecified atom stereocenters. The number of ketones is 1. The maximum absolute atomic E-state index is 13.7. The number of methoxy groups -OCH3 is 2. The zero-order chi connectivity index (χ0) is 43.7. The molecule has 5 heterocycles. The number of aryl methyl sites for hydroxylation is 1. The Labute approximate surface area is 356 Å². The van der Waals surface area contributed by atoms with Crippen LogP contribution in [0.5, 0.6) is 0 Å². The second kappa shape index (κ2) is 17.4. The van der Waals surface area contributed by atoms with Gasteiger partial charge in [-0.25, -0.2) is 24.4 Å². The molecule has 0 saturated carbocycles. The summed E-state index contributed by atoms with van der Waals surface area (Å²) in [5.74, 6) is -1.26. The quantitative estimate of drug-likeness (QED) is 0.0902. The number of ether oxygens (including phenoxy) is 3. The standard InChI is InChI=1S/C45H46N8O9/c1-24(2)38(51-45(59)61-4)42(56)52-18-6-9-35(52)40-47-22-34(49-40)26-12-10-25(11-13-26)33-21-46-32-19-28(15-16-30(32)48-33)37(54)23-62-43(57)36-20-29-8-5-7-27-14-17-31(50-44(58)60-3)41(55)53(36)39(27)29/h5,7-8,10-13,15-16,19,21-22,24,31,35-36,38H,6,9,14,17-18,20,23H2,1-4H3,(H,47,49)(H,50,58)(H,51,59)/t31-,35-,36-,38-/m0/s1. The molecule has 3 aromatic carbocycles. The number of nitrogens with zero attached hydrogens (tertiary/aromatic N) is 5. The smallest absolute Gasteiger partial charge is 0.407 e. The number of carbonyl (C=O) groups excluding carboxylic acids is 6. The van der Waals surface area contributed by atoms with E-state index < -0.39 is 54.6 Å². The number of aromatic nitrogens is 4. The lowest BCUT2D eigenvalue weighted by Gasteiger charge is -2.30. The van der Waals surface area contributed by atoms with Gasteiger partial charge in [-0.2, -0.15) is 0 Å². The van der Waals surface area contributed by atoms with Crippen molar-refractivity contribution in [3.63, 3.8) is 0 Å². The molecule has 5 aromatic rings. The van der Waals surface area contributed by atoms with Gasteiger partial charge in [0.15, 0.2) is 12.4 Å². The summed E-state index contributed by atoms with van der Waals surface area (Å²) in [7, 11) is 2.48. The molecule has 17 nitrogen and oxygen atoms in total. The van der Waals surface area contributed by atoms with Gasteiger partial charge in [-0.3, -0.25) is 24.3 Å². The predicted molar refractivity (Wildman–Crippen MR) is 225 cm³/mol. The highest BCUT2D eigenvalue weighted by atomic mass is 16.5. The molecule has 0 aliphatic carbocycles. The van der Waals surface area contributed by atoms with Crippen LogP contribution in [0.4, 0.5) is 15.3 Å². The van der Waals surface area contributed by atoms with Crippen molar-refractivity contribution in [2.45, 2.75) is 70.1 Å². The minimum Gasteiger partial charge on any atom is -0.456 e. The number of nitrogens with one attached hydrogen (secondary N) is 3. The average Bonchev–Trinajstić information content (AvgIpc) is 4.05. The molecule has 0 bridgehead atoms. The van der Waals surface area contributed by atoms with E-state index in [1.54, 1.807) is 35.5 Å². The number of carbonyl (C=O) groups is 6. The van der Waals surface area contributed by atoms with Crippen molar-refractivity contribution in [2.24, 2.45) is 5.92 Å². The number of amides is 4. The SMILES string of the molecule is COC(=O)N[C@H]1CCc2cccc3c2N(C1=O)[C@H](C(=O)OCC(=O)c1ccc2nc(-c4ccc(-c5cnc([C@@H]6CCCN6C(=O)[C@@H](NC(=O)OC)C(C)C)[nH]5)cc4)cnc2c1)C3. The highest BCUT2D eigenvalue weighted by Gasteiger charge is 2.45. The molecule has 1 saturated heterocycles. The molecule has 17 heteroatoms. The van der Waals surface area contributed by atoms with E-state index in [2.05, 4.69) is 25.6 Å². The maximum atomic E-state index is 13.7. The van der Waals surface area contributed by atoms with Crippen LogP contribution in [0.1, 0.15) is 66.5 Å². The number of esters is 1. The fourth-order valence-electron chi connectivity index (χ4n) is 8.46. The van der Waals surface area contributed by atoms with Gasteiger partial charge in [0.05, 0.1) is 60.8 Å². The number of rotatable bonds is 11. The molecule has 3 N–H and O–H groups in total. The summed E-state index contributed by atoms with van der Waals surface area (Å²) >= 11 is 0. The summed E-state index contributed by atoms with van der Waals surface area (Å²) in [6, 6.07) is 15.4. The van der Waals surface area contributed by atoms with Crippen LogP contribution >= 0.6 is 0 Å². The lowest BCUT2D eigenvalue weighted by atomic mass is 10.0. The minimum absolute atomic E-state index is 0.136. The highest BCUT2D eigenvalue weighted by Crippen LogP contribution is 2.39. The third-order valence-corrected chi connectivity index (χ3v) is 11.7. The number of benzene rings is 3. The number of Topliss-reactive ketones (excluding diaryl/α,β-unsaturated/α-hetero) is 1. The number of para-hydroxylation sites is 1. The van der Waals surface area contributed by atoms with Gasteiger partial charge in [-0.1, -0.05) is 56.3 Å². The Morgan fingerprint density at radius 2 is 1.65 bits per heavy atom. The van der Waals surface area contributed by atoms with Gasteiger partial charge in [0, 0.05) is 24.1 Å². The van der Waals surface area contributed by atoms with E-state index in [0.717, 1.165) is 40.8 Å². The summed E-state index contributed by atoms with van der Waals surface area (Å²) in [6.45, 7) is 3.76. The van der Waals surface area contributed by atoms with Gasteiger partial charge >= 0.3 is 18.2 Å². The summed E-state index contributed by atoms with van der Waals surface area (Å²) in [5.41, 5.74) is 6.76. The number of aromatic amines is 1. The molecule has 8 rings (SSSR count). The zero-order valence-electron chi connectivity index (χ0n) is 34.7. The first kappa shape index (κ1) is 41.6. The molecule has 0 spiro atoms. The van der Waals surface area contributed by atoms with E-state index in [0.29, 0.717) is 47.6 Å². The van der Waals surface area contributed by atoms with Crippen LogP contribution in [0.3, 0.4) is 0 Å². The molecule has 4 amide bonds. The van der Waals surface area contributed by atoms with E-state index >= 15 is 0 Å². The van der Waals surface area contributed by atoms with E-state index in [9.17, 15) is 28.8 Å². The molecule has 2 aromatic heterocycles. The second-order valence-electron chi connectivity index (χ2n) is 15.9. The molecular formula is C45H46N8O9. The van der Waals surface area contributed by atoms with Gasteiger partial charge < -0.3 is 34.7 Å². The van der Waals surface area contributed by atoms with Crippen LogP contribution in [-0.2, 0) is 41.4 Å². The third kappa shape index (κ3) is 8.17. The normalized spacial score (nSPS) is 18.5. The lowest BCUT2D eigenvalue weighted by Crippen LogP contribution is -2.52. The van der Waals surface area contributed by atoms with Gasteiger partial charge in [0.2, 0.25) is 5.91 Å². The van der Waals surface area contributed by atoms with Crippen LogP contribution in [-0.4, -0.2) is 106 Å². The van der Waals surface area contributed by atoms with Gasteiger partial charge in [0.1, 0.15) is 23.9 Å². The van der Waals surface area contributed by atoms with Gasteiger partial charge in [0.25, 0.3) is 5.91 Å². The Morgan fingerprint density at radius 3 is 2.40 bits per heavy atom. The van der Waals surface area contributed by atoms with Crippen molar-refractivity contribution < 1.29 is 43.0 Å². The second-order valence-corrected chi connectivity index (χ2v) is 15.9. The topological polar surface area (TPSA) is 215 Å². The number of likely N-dealkylation sites (tertiary alicyclic amines) is 1. The van der Waals surface area contributed by atoms with E-state index in [4.69, 9.17) is 19.2 Å². The van der Waals surface area contributed by atoms with Crippen molar-refractivity contribution in [2.75, 3.05) is 32.3 Å². The number of anilines is 1. The Kier molecular flexibility index (Phi) is 11.7. The van der Waals surface area contributed by atoms with Crippen LogP contribution in [0, 0.1) is 5.92 Å². The van der Waals surface area contributed by atoms with E-state index in [1.165, 1.54) is 19.1 Å². The Balaban J connectivity index is 0.905. The number of alkyl carbamates (subject to hydrolysis) is 2. The molecule has 3 aliphatic rings. The summed E-state index contributed by atoms with van der Waals surface area (Å²) in [4.78, 5) is 98.6. The molecule has 0 radical (unpaired) electrons. The Morgan fingerprint density at radius 1 is 0.887 bits per heavy atom. The number of imidazole rings is 1. The van der Waals surface area contributed by atoms with E-state index in [-0.39, 0.29) is 29.9 Å². The van der Waals surface area contributed by atoms with Crippen LogP contribution in [0.15, 0.2) is 73.1 Å². The van der Waals surface area contributed by atoms with Crippen LogP contribution < -0.4 is 15.5 Å². The van der Waals surface area contributed by atoms with Crippen molar-refractivity contribution in [1.82, 2.24) is 35.5 Å². The molecule has 3 aliphatic heterocycles. The van der Waals surface area contributed by atoms with Crippen LogP contribution in [0.2, 0.25) is 0 Å². The first-order valence-electron chi connectivity index (χ1n) is 20.5. The third-order valence-electron chi connectivity index (χ3n) is 11.7. The fraction of sp³-hybridized carbons (Fsp3) is 0.356. The summed E-state index contributed by atoms with van der Waals surface area (Å²) in [6.07, 6.45) is 4.58. The summed E-state index contributed by atoms with van der Waals surface area (Å²) in [5, 5.41) is 5.25. The van der Waals surface area contributed by atoms with Crippen molar-refractivity contribution in [3.05, 3.63) is 95.6 Å². The zero-order valence-corrected chi connectivity index (χ0v) is 34.7. The molecule has 320 valence electrons. The van der Waals surface area contributed by atoms with E-state index in [1.807, 2.05) is 56.3 Å². The number of H-pyrrole nitrogens is 1. The molecule has 4 atom stereocenters. The van der Waals surface area contributed by atoms with Crippen molar-refractivity contribution >= 4 is 52.5 Å². The Bertz CT molecular complexity index is 2570. The molecule has 1 fully saturated rings. The fourth-order valence-corrected chi connectivity index (χ4v) is 8.46. The van der Waals surface area contributed by atoms with Crippen molar-refractivity contribution in [1.29, 1.82) is 0 Å². The van der Waals surface area contributed by atoms with Gasteiger partial charge in [-0.05, 0) is 66.5 Å². The molecule has 62 heavy (non-hydrogen) atoms. The lowest BCUT2D eigenvalue weighted by molar-refractivity contribution is -0.145. The summed E-state index contributed by atoms with van der Waals surface area (Å²) < 4.78 is 15.0. The first-order chi connectivity index (χ1) is 29.9. The number of fused-ring (bicyclic) bond motifs is 1. The van der Waals surface area contributed by atoms with Crippen LogP contribution in [0.25, 0.3) is 33.5 Å². The minimum atomic E-state index is -1.000. The molecular weight excluding hydrogens is 797 g/mol. The van der Waals surface area contributed by atoms with Gasteiger partial charge in [-0.15, -0.1) is 0 Å². The first-order valence-corrected chi connectivity index (χ1v) is 20.5. The monoisotopic (exact) mass is 842 g/mol. The Hall–Kier alpha value is -7.17. The number of hydrogen-bond donors (Lipinski definition) is 3. The highest BCUT2D eigenvalue weighted by molar-refractivity contribution is 6.07. The number of hydrogen-bond acceptors (Lipinski definition) is 12.